The van der Waals surface area contributed by atoms with Crippen molar-refractivity contribution in [2.75, 3.05) is 18.1 Å². The molecule has 1 rings (SSSR count). The van der Waals surface area contributed by atoms with Crippen LogP contribution in [0.1, 0.15) is 26.7 Å². The molecule has 1 nitrogen and oxygen atoms in total. The molecule has 1 fully saturated rings. The zero-order valence-corrected chi connectivity index (χ0v) is 8.41. The van der Waals surface area contributed by atoms with E-state index in [0.717, 1.165) is 12.5 Å². The van der Waals surface area contributed by atoms with E-state index in [1.54, 1.807) is 0 Å². The fourth-order valence-corrected chi connectivity index (χ4v) is 3.10. The van der Waals surface area contributed by atoms with Gasteiger partial charge in [-0.1, -0.05) is 13.8 Å². The van der Waals surface area contributed by atoms with Crippen LogP contribution in [0.15, 0.2) is 0 Å². The van der Waals surface area contributed by atoms with E-state index >= 15 is 0 Å². The summed E-state index contributed by atoms with van der Waals surface area (Å²) in [7, 11) is 0. The van der Waals surface area contributed by atoms with Crippen molar-refractivity contribution < 1.29 is 0 Å². The Bertz CT molecular complexity index is 117. The van der Waals surface area contributed by atoms with Crippen LogP contribution in [-0.2, 0) is 0 Å². The van der Waals surface area contributed by atoms with Crippen LogP contribution in [0.2, 0.25) is 0 Å². The first-order valence-electron chi connectivity index (χ1n) is 4.49. The zero-order valence-electron chi connectivity index (χ0n) is 7.60. The van der Waals surface area contributed by atoms with Crippen molar-refractivity contribution in [2.24, 2.45) is 17.1 Å². The third-order valence-electron chi connectivity index (χ3n) is 3.12. The molecule has 0 bridgehead atoms. The highest BCUT2D eigenvalue weighted by Gasteiger charge is 2.33. The zero-order chi connectivity index (χ0) is 8.32. The predicted octanol–water partition coefficient (Wildman–Crippen LogP) is 2.11. The van der Waals surface area contributed by atoms with Gasteiger partial charge in [-0.05, 0) is 42.2 Å². The highest BCUT2D eigenvalue weighted by Crippen LogP contribution is 2.40. The van der Waals surface area contributed by atoms with E-state index in [0.29, 0.717) is 5.41 Å². The lowest BCUT2D eigenvalue weighted by Gasteiger charge is -2.39. The summed E-state index contributed by atoms with van der Waals surface area (Å²) in [4.78, 5) is 0. The SMILES string of the molecule is CC(C)C1(CN)CCSCC1. The molecule has 1 saturated heterocycles. The molecule has 0 spiro atoms. The molecule has 0 unspecified atom stereocenters. The van der Waals surface area contributed by atoms with Gasteiger partial charge in [0.1, 0.15) is 0 Å². The molecule has 11 heavy (non-hydrogen) atoms. The summed E-state index contributed by atoms with van der Waals surface area (Å²) in [6.07, 6.45) is 2.65. The van der Waals surface area contributed by atoms with E-state index < -0.39 is 0 Å². The summed E-state index contributed by atoms with van der Waals surface area (Å²) < 4.78 is 0. The minimum Gasteiger partial charge on any atom is -0.330 e. The molecule has 1 aliphatic rings. The van der Waals surface area contributed by atoms with Gasteiger partial charge in [-0.3, -0.25) is 0 Å². The third kappa shape index (κ3) is 1.91. The van der Waals surface area contributed by atoms with Crippen LogP contribution in [0.5, 0.6) is 0 Å². The largest absolute Gasteiger partial charge is 0.330 e. The topological polar surface area (TPSA) is 26.0 Å². The number of rotatable bonds is 2. The molecule has 0 aromatic carbocycles. The fourth-order valence-electron chi connectivity index (χ4n) is 1.80. The Morgan fingerprint density at radius 3 is 2.18 bits per heavy atom. The van der Waals surface area contributed by atoms with Gasteiger partial charge >= 0.3 is 0 Å². The molecule has 2 heteroatoms. The Morgan fingerprint density at radius 1 is 1.36 bits per heavy atom. The van der Waals surface area contributed by atoms with Crippen molar-refractivity contribution in [1.82, 2.24) is 0 Å². The molecule has 0 atom stereocenters. The maximum Gasteiger partial charge on any atom is -0.00175 e. The summed E-state index contributed by atoms with van der Waals surface area (Å²) >= 11 is 2.07. The fraction of sp³-hybridized carbons (Fsp3) is 1.00. The molecule has 0 radical (unpaired) electrons. The standard InChI is InChI=1S/C9H19NS/c1-8(2)9(7-10)3-5-11-6-4-9/h8H,3-7,10H2,1-2H3. The van der Waals surface area contributed by atoms with Gasteiger partial charge in [0.2, 0.25) is 0 Å². The molecule has 2 N–H and O–H groups in total. The molecule has 0 aliphatic carbocycles. The van der Waals surface area contributed by atoms with Gasteiger partial charge in [-0.2, -0.15) is 11.8 Å². The van der Waals surface area contributed by atoms with Crippen LogP contribution < -0.4 is 5.73 Å². The monoisotopic (exact) mass is 173 g/mol. The number of thioether (sulfide) groups is 1. The Hall–Kier alpha value is 0.310. The first-order chi connectivity index (χ1) is 5.21. The number of nitrogens with two attached hydrogens (primary N) is 1. The Labute approximate surface area is 74.1 Å². The van der Waals surface area contributed by atoms with Gasteiger partial charge in [0.05, 0.1) is 0 Å². The summed E-state index contributed by atoms with van der Waals surface area (Å²) in [5, 5.41) is 0. The second-order valence-electron chi connectivity index (χ2n) is 3.83. The van der Waals surface area contributed by atoms with Crippen molar-refractivity contribution in [1.29, 1.82) is 0 Å². The summed E-state index contributed by atoms with van der Waals surface area (Å²) in [6.45, 7) is 5.50. The summed E-state index contributed by atoms with van der Waals surface area (Å²) in [5.41, 5.74) is 6.31. The van der Waals surface area contributed by atoms with E-state index in [-0.39, 0.29) is 0 Å². The molecule has 0 aromatic heterocycles. The smallest absolute Gasteiger partial charge is 0.00175 e. The average molecular weight is 173 g/mol. The number of hydrogen-bond acceptors (Lipinski definition) is 2. The minimum absolute atomic E-state index is 0.477. The minimum atomic E-state index is 0.477. The molecule has 0 saturated carbocycles. The van der Waals surface area contributed by atoms with E-state index in [1.807, 2.05) is 0 Å². The van der Waals surface area contributed by atoms with Crippen molar-refractivity contribution in [2.45, 2.75) is 26.7 Å². The van der Waals surface area contributed by atoms with Crippen LogP contribution in [0.25, 0.3) is 0 Å². The average Bonchev–Trinajstić information content (AvgIpc) is 2.05. The van der Waals surface area contributed by atoms with Gasteiger partial charge in [0.25, 0.3) is 0 Å². The maximum atomic E-state index is 5.83. The molecule has 0 aromatic rings. The van der Waals surface area contributed by atoms with Gasteiger partial charge in [-0.25, -0.2) is 0 Å². The Balaban J connectivity index is 2.57. The van der Waals surface area contributed by atoms with Crippen LogP contribution in [0, 0.1) is 11.3 Å². The van der Waals surface area contributed by atoms with Gasteiger partial charge in [0.15, 0.2) is 0 Å². The highest BCUT2D eigenvalue weighted by molar-refractivity contribution is 7.99. The van der Waals surface area contributed by atoms with Crippen molar-refractivity contribution in [3.8, 4) is 0 Å². The van der Waals surface area contributed by atoms with Gasteiger partial charge in [0, 0.05) is 0 Å². The normalized spacial score (nSPS) is 24.0. The molecular weight excluding hydrogens is 154 g/mol. The van der Waals surface area contributed by atoms with Gasteiger partial charge < -0.3 is 5.73 Å². The van der Waals surface area contributed by atoms with E-state index in [2.05, 4.69) is 25.6 Å². The van der Waals surface area contributed by atoms with E-state index in [4.69, 9.17) is 5.73 Å². The quantitative estimate of drug-likeness (QED) is 0.692. The molecule has 1 aliphatic heterocycles. The Kier molecular flexibility index (Phi) is 3.26. The second kappa shape index (κ2) is 3.81. The van der Waals surface area contributed by atoms with Crippen LogP contribution >= 0.6 is 11.8 Å². The predicted molar refractivity (Wildman–Crippen MR) is 52.9 cm³/mol. The molecule has 0 amide bonds. The summed E-state index contributed by atoms with van der Waals surface area (Å²) in [6, 6.07) is 0. The molecule has 1 heterocycles. The van der Waals surface area contributed by atoms with Crippen LogP contribution in [0.3, 0.4) is 0 Å². The van der Waals surface area contributed by atoms with Crippen molar-refractivity contribution in [3.63, 3.8) is 0 Å². The van der Waals surface area contributed by atoms with E-state index in [9.17, 15) is 0 Å². The van der Waals surface area contributed by atoms with Crippen LogP contribution in [-0.4, -0.2) is 18.1 Å². The Morgan fingerprint density at radius 2 is 1.91 bits per heavy atom. The maximum absolute atomic E-state index is 5.83. The summed E-state index contributed by atoms with van der Waals surface area (Å²) in [5.74, 6) is 3.39. The third-order valence-corrected chi connectivity index (χ3v) is 4.11. The van der Waals surface area contributed by atoms with E-state index in [1.165, 1.54) is 24.3 Å². The number of hydrogen-bond donors (Lipinski definition) is 1. The highest BCUT2D eigenvalue weighted by atomic mass is 32.2. The lowest BCUT2D eigenvalue weighted by Crippen LogP contribution is -2.38. The van der Waals surface area contributed by atoms with Crippen LogP contribution in [0.4, 0.5) is 0 Å². The second-order valence-corrected chi connectivity index (χ2v) is 5.06. The molecule has 66 valence electrons. The van der Waals surface area contributed by atoms with Gasteiger partial charge in [-0.15, -0.1) is 0 Å². The van der Waals surface area contributed by atoms with Crippen molar-refractivity contribution in [3.05, 3.63) is 0 Å². The molecular formula is C9H19NS. The lowest BCUT2D eigenvalue weighted by atomic mass is 9.73. The first-order valence-corrected chi connectivity index (χ1v) is 5.64. The lowest BCUT2D eigenvalue weighted by molar-refractivity contribution is 0.181. The van der Waals surface area contributed by atoms with Crippen molar-refractivity contribution >= 4 is 11.8 Å². The first kappa shape index (κ1) is 9.40.